The molecule has 0 unspecified atom stereocenters. The molecule has 0 bridgehead atoms. The summed E-state index contributed by atoms with van der Waals surface area (Å²) in [6.45, 7) is 3.96. The molecule has 0 radical (unpaired) electrons. The number of nitrogens with zero attached hydrogens (tertiary/aromatic N) is 2. The summed E-state index contributed by atoms with van der Waals surface area (Å²) >= 11 is 6.11. The minimum absolute atomic E-state index is 0.505. The van der Waals surface area contributed by atoms with Crippen LogP contribution in [0.15, 0.2) is 24.3 Å². The van der Waals surface area contributed by atoms with Crippen LogP contribution in [0.5, 0.6) is 0 Å². The lowest BCUT2D eigenvalue weighted by molar-refractivity contribution is 0.850. The van der Waals surface area contributed by atoms with E-state index in [9.17, 15) is 0 Å². The topological polar surface area (TPSA) is 43.8 Å². The molecule has 1 aromatic heterocycles. The fourth-order valence-electron chi connectivity index (χ4n) is 1.53. The number of aromatic nitrogens is 2. The van der Waals surface area contributed by atoms with Gasteiger partial charge in [0.05, 0.1) is 10.7 Å². The molecule has 1 heterocycles. The molecule has 0 aliphatic carbocycles. The fourth-order valence-corrected chi connectivity index (χ4v) is 1.72. The van der Waals surface area contributed by atoms with Crippen LogP contribution in [0, 0.1) is 13.8 Å². The number of nitrogen functional groups attached to an aromatic ring is 1. The Bertz CT molecular complexity index is 503. The van der Waals surface area contributed by atoms with Gasteiger partial charge in [-0.15, -0.1) is 0 Å². The Balaban J connectivity index is 2.62. The highest BCUT2D eigenvalue weighted by molar-refractivity contribution is 6.32. The first-order valence-corrected chi connectivity index (χ1v) is 5.04. The van der Waals surface area contributed by atoms with Gasteiger partial charge >= 0.3 is 0 Å². The Kier molecular flexibility index (Phi) is 2.40. The molecule has 2 aromatic rings. The number of hydrogen-bond acceptors (Lipinski definition) is 2. The third-order valence-electron chi connectivity index (χ3n) is 2.24. The standard InChI is InChI=1S/C11H12ClN3/c1-7-3-4-9(12)10(5-7)15-8(2)6-11(13)14-15/h3-6H,1-2H3,(H2,13,14). The lowest BCUT2D eigenvalue weighted by Crippen LogP contribution is -2.00. The largest absolute Gasteiger partial charge is 0.382 e. The van der Waals surface area contributed by atoms with Crippen molar-refractivity contribution >= 4 is 17.4 Å². The Hall–Kier alpha value is -1.48. The molecule has 0 amide bonds. The number of benzene rings is 1. The van der Waals surface area contributed by atoms with Crippen LogP contribution in [0.3, 0.4) is 0 Å². The van der Waals surface area contributed by atoms with Gasteiger partial charge in [-0.3, -0.25) is 0 Å². The van der Waals surface area contributed by atoms with E-state index >= 15 is 0 Å². The summed E-state index contributed by atoms with van der Waals surface area (Å²) in [7, 11) is 0. The zero-order valence-corrected chi connectivity index (χ0v) is 9.42. The van der Waals surface area contributed by atoms with Crippen LogP contribution >= 0.6 is 11.6 Å². The molecule has 2 N–H and O–H groups in total. The van der Waals surface area contributed by atoms with Crippen molar-refractivity contribution in [3.05, 3.63) is 40.5 Å². The summed E-state index contributed by atoms with van der Waals surface area (Å²) in [4.78, 5) is 0. The van der Waals surface area contributed by atoms with E-state index in [2.05, 4.69) is 5.10 Å². The van der Waals surface area contributed by atoms with Crippen LogP contribution in [-0.2, 0) is 0 Å². The number of anilines is 1. The average Bonchev–Trinajstić information content (AvgIpc) is 2.50. The van der Waals surface area contributed by atoms with Crippen molar-refractivity contribution in [3.63, 3.8) is 0 Å². The van der Waals surface area contributed by atoms with E-state index in [0.29, 0.717) is 10.8 Å². The highest BCUT2D eigenvalue weighted by Crippen LogP contribution is 2.23. The molecule has 0 fully saturated rings. The summed E-state index contributed by atoms with van der Waals surface area (Å²) in [6.07, 6.45) is 0. The molecule has 0 saturated heterocycles. The molecular weight excluding hydrogens is 210 g/mol. The first-order valence-electron chi connectivity index (χ1n) is 4.66. The predicted octanol–water partition coefficient (Wildman–Crippen LogP) is 2.72. The van der Waals surface area contributed by atoms with E-state index < -0.39 is 0 Å². The molecule has 0 spiro atoms. The summed E-state index contributed by atoms with van der Waals surface area (Å²) in [5.74, 6) is 0.505. The maximum absolute atomic E-state index is 6.11. The predicted molar refractivity (Wildman–Crippen MR) is 62.5 cm³/mol. The highest BCUT2D eigenvalue weighted by Gasteiger charge is 2.07. The lowest BCUT2D eigenvalue weighted by atomic mass is 10.2. The first kappa shape index (κ1) is 10.1. The zero-order chi connectivity index (χ0) is 11.0. The molecule has 2 rings (SSSR count). The van der Waals surface area contributed by atoms with Gasteiger partial charge in [-0.25, -0.2) is 4.68 Å². The molecule has 0 aliphatic heterocycles. The molecule has 78 valence electrons. The highest BCUT2D eigenvalue weighted by atomic mass is 35.5. The van der Waals surface area contributed by atoms with E-state index in [1.165, 1.54) is 0 Å². The quantitative estimate of drug-likeness (QED) is 0.805. The van der Waals surface area contributed by atoms with Crippen LogP contribution in [0.25, 0.3) is 5.69 Å². The van der Waals surface area contributed by atoms with Crippen molar-refractivity contribution in [3.8, 4) is 5.69 Å². The monoisotopic (exact) mass is 221 g/mol. The van der Waals surface area contributed by atoms with Gasteiger partial charge in [-0.1, -0.05) is 17.7 Å². The van der Waals surface area contributed by atoms with Gasteiger partial charge in [0.1, 0.15) is 5.82 Å². The van der Waals surface area contributed by atoms with Gasteiger partial charge < -0.3 is 5.73 Å². The zero-order valence-electron chi connectivity index (χ0n) is 8.66. The summed E-state index contributed by atoms with van der Waals surface area (Å²) < 4.78 is 1.75. The summed E-state index contributed by atoms with van der Waals surface area (Å²) in [5, 5.41) is 4.87. The number of nitrogens with two attached hydrogens (primary N) is 1. The Morgan fingerprint density at radius 2 is 2.00 bits per heavy atom. The molecule has 0 aliphatic rings. The van der Waals surface area contributed by atoms with E-state index in [-0.39, 0.29) is 0 Å². The smallest absolute Gasteiger partial charge is 0.146 e. The molecule has 0 atom stereocenters. The van der Waals surface area contributed by atoms with Crippen molar-refractivity contribution in [2.45, 2.75) is 13.8 Å². The summed E-state index contributed by atoms with van der Waals surface area (Å²) in [5.41, 5.74) is 8.61. The van der Waals surface area contributed by atoms with E-state index in [1.807, 2.05) is 38.1 Å². The Morgan fingerprint density at radius 3 is 2.60 bits per heavy atom. The number of hydrogen-bond donors (Lipinski definition) is 1. The minimum atomic E-state index is 0.505. The van der Waals surface area contributed by atoms with Crippen LogP contribution in [0.4, 0.5) is 5.82 Å². The normalized spacial score (nSPS) is 10.6. The van der Waals surface area contributed by atoms with Gasteiger partial charge in [0.2, 0.25) is 0 Å². The van der Waals surface area contributed by atoms with Crippen molar-refractivity contribution in [2.24, 2.45) is 0 Å². The van der Waals surface area contributed by atoms with Gasteiger partial charge in [-0.05, 0) is 31.5 Å². The van der Waals surface area contributed by atoms with E-state index in [1.54, 1.807) is 4.68 Å². The Labute approximate surface area is 93.5 Å². The van der Waals surface area contributed by atoms with Crippen molar-refractivity contribution in [1.82, 2.24) is 9.78 Å². The number of rotatable bonds is 1. The van der Waals surface area contributed by atoms with Crippen LogP contribution in [-0.4, -0.2) is 9.78 Å². The second-order valence-corrected chi connectivity index (χ2v) is 3.98. The summed E-state index contributed by atoms with van der Waals surface area (Å²) in [6, 6.07) is 7.64. The van der Waals surface area contributed by atoms with Gasteiger partial charge in [-0.2, -0.15) is 5.10 Å². The SMILES string of the molecule is Cc1ccc(Cl)c(-n2nc(N)cc2C)c1. The van der Waals surface area contributed by atoms with Crippen LogP contribution in [0.1, 0.15) is 11.3 Å². The van der Waals surface area contributed by atoms with Gasteiger partial charge in [0.15, 0.2) is 0 Å². The molecule has 3 nitrogen and oxygen atoms in total. The van der Waals surface area contributed by atoms with Crippen molar-refractivity contribution < 1.29 is 0 Å². The Morgan fingerprint density at radius 1 is 1.27 bits per heavy atom. The van der Waals surface area contributed by atoms with Crippen LogP contribution < -0.4 is 5.73 Å². The molecular formula is C11H12ClN3. The maximum atomic E-state index is 6.11. The van der Waals surface area contributed by atoms with Gasteiger partial charge in [0, 0.05) is 11.8 Å². The van der Waals surface area contributed by atoms with Crippen LogP contribution in [0.2, 0.25) is 5.02 Å². The van der Waals surface area contributed by atoms with Crippen molar-refractivity contribution in [2.75, 3.05) is 5.73 Å². The second kappa shape index (κ2) is 3.59. The molecule has 1 aromatic carbocycles. The third kappa shape index (κ3) is 1.83. The lowest BCUT2D eigenvalue weighted by Gasteiger charge is -2.07. The first-order chi connectivity index (χ1) is 7.08. The van der Waals surface area contributed by atoms with Gasteiger partial charge in [0.25, 0.3) is 0 Å². The average molecular weight is 222 g/mol. The fraction of sp³-hybridized carbons (Fsp3) is 0.182. The minimum Gasteiger partial charge on any atom is -0.382 e. The maximum Gasteiger partial charge on any atom is 0.146 e. The number of halogens is 1. The molecule has 15 heavy (non-hydrogen) atoms. The van der Waals surface area contributed by atoms with E-state index in [0.717, 1.165) is 16.9 Å². The second-order valence-electron chi connectivity index (χ2n) is 3.58. The number of aryl methyl sites for hydroxylation is 2. The van der Waals surface area contributed by atoms with E-state index in [4.69, 9.17) is 17.3 Å². The molecule has 0 saturated carbocycles. The van der Waals surface area contributed by atoms with Crippen molar-refractivity contribution in [1.29, 1.82) is 0 Å². The third-order valence-corrected chi connectivity index (χ3v) is 2.56. The molecule has 4 heteroatoms.